The topological polar surface area (TPSA) is 84.2 Å². The van der Waals surface area contributed by atoms with Crippen LogP contribution >= 0.6 is 0 Å². The third kappa shape index (κ3) is 4.27. The van der Waals surface area contributed by atoms with E-state index < -0.39 is 0 Å². The van der Waals surface area contributed by atoms with Gasteiger partial charge in [-0.25, -0.2) is 0 Å². The van der Waals surface area contributed by atoms with Crippen molar-refractivity contribution in [1.82, 2.24) is 0 Å². The molecule has 26 heavy (non-hydrogen) atoms. The van der Waals surface area contributed by atoms with Gasteiger partial charge in [0.25, 0.3) is 11.8 Å². The zero-order valence-corrected chi connectivity index (χ0v) is 14.3. The Bertz CT molecular complexity index is 932. The van der Waals surface area contributed by atoms with Crippen LogP contribution in [0, 0.1) is 6.92 Å². The normalized spacial score (nSPS) is 10.2. The van der Waals surface area contributed by atoms with E-state index in [1.807, 2.05) is 31.2 Å². The quantitative estimate of drug-likeness (QED) is 0.623. The number of anilines is 3. The maximum Gasteiger partial charge on any atom is 0.255 e. The van der Waals surface area contributed by atoms with Gasteiger partial charge in [-0.05, 0) is 61.5 Å². The lowest BCUT2D eigenvalue weighted by atomic mass is 10.1. The fraction of sp³-hybridized carbons (Fsp3) is 0.0476. The number of nitrogens with two attached hydrogens (primary N) is 1. The summed E-state index contributed by atoms with van der Waals surface area (Å²) in [5.41, 5.74) is 9.56. The van der Waals surface area contributed by atoms with Gasteiger partial charge < -0.3 is 16.4 Å². The lowest BCUT2D eigenvalue weighted by Crippen LogP contribution is -2.14. The molecule has 0 unspecified atom stereocenters. The van der Waals surface area contributed by atoms with Crippen LogP contribution in [-0.4, -0.2) is 11.8 Å². The third-order valence-corrected chi connectivity index (χ3v) is 3.86. The van der Waals surface area contributed by atoms with E-state index in [0.29, 0.717) is 22.5 Å². The van der Waals surface area contributed by atoms with Gasteiger partial charge in [-0.2, -0.15) is 0 Å². The minimum Gasteiger partial charge on any atom is -0.399 e. The van der Waals surface area contributed by atoms with Crippen molar-refractivity contribution in [3.8, 4) is 0 Å². The predicted molar refractivity (Wildman–Crippen MR) is 104 cm³/mol. The molecule has 0 saturated heterocycles. The Labute approximate surface area is 151 Å². The summed E-state index contributed by atoms with van der Waals surface area (Å²) in [6.07, 6.45) is 0. The van der Waals surface area contributed by atoms with Gasteiger partial charge >= 0.3 is 0 Å². The van der Waals surface area contributed by atoms with Crippen molar-refractivity contribution in [3.05, 3.63) is 89.5 Å². The third-order valence-electron chi connectivity index (χ3n) is 3.86. The van der Waals surface area contributed by atoms with Gasteiger partial charge in [-0.3, -0.25) is 9.59 Å². The molecule has 0 aliphatic heterocycles. The zero-order chi connectivity index (χ0) is 18.5. The molecule has 5 heteroatoms. The summed E-state index contributed by atoms with van der Waals surface area (Å²) in [6.45, 7) is 1.98. The molecule has 0 bridgehead atoms. The first-order chi connectivity index (χ1) is 12.5. The van der Waals surface area contributed by atoms with Crippen molar-refractivity contribution in [2.75, 3.05) is 16.4 Å². The number of hydrogen-bond donors (Lipinski definition) is 3. The lowest BCUT2D eigenvalue weighted by Gasteiger charge is -2.09. The Morgan fingerprint density at radius 3 is 2.04 bits per heavy atom. The average molecular weight is 345 g/mol. The molecule has 130 valence electrons. The zero-order valence-electron chi connectivity index (χ0n) is 14.3. The Morgan fingerprint density at radius 2 is 1.35 bits per heavy atom. The van der Waals surface area contributed by atoms with Gasteiger partial charge in [-0.15, -0.1) is 0 Å². The maximum atomic E-state index is 12.4. The van der Waals surface area contributed by atoms with E-state index in [-0.39, 0.29) is 11.8 Å². The van der Waals surface area contributed by atoms with Crippen LogP contribution in [0.4, 0.5) is 17.1 Å². The molecule has 0 saturated carbocycles. The fourth-order valence-corrected chi connectivity index (χ4v) is 2.42. The van der Waals surface area contributed by atoms with Crippen LogP contribution in [0.2, 0.25) is 0 Å². The molecular weight excluding hydrogens is 326 g/mol. The monoisotopic (exact) mass is 345 g/mol. The molecule has 3 rings (SSSR count). The van der Waals surface area contributed by atoms with Crippen molar-refractivity contribution in [3.63, 3.8) is 0 Å². The molecule has 5 nitrogen and oxygen atoms in total. The molecular formula is C21H19N3O2. The van der Waals surface area contributed by atoms with E-state index in [1.165, 1.54) is 0 Å². The second-order valence-electron chi connectivity index (χ2n) is 5.98. The molecule has 0 aromatic heterocycles. The van der Waals surface area contributed by atoms with E-state index in [1.54, 1.807) is 48.5 Å². The van der Waals surface area contributed by atoms with Crippen LogP contribution in [0.5, 0.6) is 0 Å². The summed E-state index contributed by atoms with van der Waals surface area (Å²) in [5, 5.41) is 5.62. The largest absolute Gasteiger partial charge is 0.399 e. The number of benzene rings is 3. The molecule has 0 heterocycles. The van der Waals surface area contributed by atoms with Gasteiger partial charge in [0, 0.05) is 28.2 Å². The number of nitrogens with one attached hydrogen (secondary N) is 2. The van der Waals surface area contributed by atoms with Gasteiger partial charge in [0.1, 0.15) is 0 Å². The Hall–Kier alpha value is -3.60. The van der Waals surface area contributed by atoms with E-state index in [9.17, 15) is 9.59 Å². The van der Waals surface area contributed by atoms with Crippen LogP contribution in [0.3, 0.4) is 0 Å². The smallest absolute Gasteiger partial charge is 0.255 e. The summed E-state index contributed by atoms with van der Waals surface area (Å²) < 4.78 is 0. The molecule has 0 atom stereocenters. The SMILES string of the molecule is Cc1ccc(NC(=O)c2cccc(NC(=O)c3ccc(N)cc3)c2)cc1. The molecule has 3 aromatic carbocycles. The standard InChI is InChI=1S/C21H19N3O2/c1-14-5-11-18(12-6-14)23-21(26)16-3-2-4-19(13-16)24-20(25)15-7-9-17(22)10-8-15/h2-13H,22H2,1H3,(H,23,26)(H,24,25). The molecule has 0 radical (unpaired) electrons. The molecule has 3 aromatic rings. The summed E-state index contributed by atoms with van der Waals surface area (Å²) in [4.78, 5) is 24.7. The van der Waals surface area contributed by atoms with Crippen LogP contribution in [0.15, 0.2) is 72.8 Å². The van der Waals surface area contributed by atoms with Crippen molar-refractivity contribution >= 4 is 28.9 Å². The minimum absolute atomic E-state index is 0.238. The van der Waals surface area contributed by atoms with Gasteiger partial charge in [0.15, 0.2) is 0 Å². The number of nitrogen functional groups attached to an aromatic ring is 1. The van der Waals surface area contributed by atoms with Crippen molar-refractivity contribution in [1.29, 1.82) is 0 Å². The summed E-state index contributed by atoms with van der Waals surface area (Å²) >= 11 is 0. The number of carbonyl (C=O) groups is 2. The highest BCUT2D eigenvalue weighted by atomic mass is 16.2. The summed E-state index contributed by atoms with van der Waals surface area (Å²) in [5.74, 6) is -0.501. The predicted octanol–water partition coefficient (Wildman–Crippen LogP) is 4.08. The highest BCUT2D eigenvalue weighted by Crippen LogP contribution is 2.16. The molecule has 0 spiro atoms. The van der Waals surface area contributed by atoms with Crippen molar-refractivity contribution < 1.29 is 9.59 Å². The van der Waals surface area contributed by atoms with E-state index >= 15 is 0 Å². The van der Waals surface area contributed by atoms with Gasteiger partial charge in [-0.1, -0.05) is 23.8 Å². The Kier molecular flexibility index (Phi) is 4.99. The Balaban J connectivity index is 1.71. The van der Waals surface area contributed by atoms with E-state index in [0.717, 1.165) is 11.3 Å². The van der Waals surface area contributed by atoms with Crippen molar-refractivity contribution in [2.24, 2.45) is 0 Å². The maximum absolute atomic E-state index is 12.4. The first kappa shape index (κ1) is 17.2. The molecule has 0 aliphatic carbocycles. The molecule has 4 N–H and O–H groups in total. The van der Waals surface area contributed by atoms with Crippen LogP contribution in [-0.2, 0) is 0 Å². The summed E-state index contributed by atoms with van der Waals surface area (Å²) in [7, 11) is 0. The Morgan fingerprint density at radius 1 is 0.731 bits per heavy atom. The van der Waals surface area contributed by atoms with Crippen LogP contribution in [0.25, 0.3) is 0 Å². The molecule has 2 amide bonds. The number of hydrogen-bond acceptors (Lipinski definition) is 3. The van der Waals surface area contributed by atoms with Crippen LogP contribution in [0.1, 0.15) is 26.3 Å². The first-order valence-corrected chi connectivity index (χ1v) is 8.16. The number of aryl methyl sites for hydroxylation is 1. The fourth-order valence-electron chi connectivity index (χ4n) is 2.42. The van der Waals surface area contributed by atoms with Gasteiger partial charge in [0.2, 0.25) is 0 Å². The van der Waals surface area contributed by atoms with Gasteiger partial charge in [0.05, 0.1) is 0 Å². The lowest BCUT2D eigenvalue weighted by molar-refractivity contribution is 0.101. The van der Waals surface area contributed by atoms with E-state index in [2.05, 4.69) is 10.6 Å². The second kappa shape index (κ2) is 7.53. The number of amides is 2. The average Bonchev–Trinajstić information content (AvgIpc) is 2.64. The number of carbonyl (C=O) groups excluding carboxylic acids is 2. The summed E-state index contributed by atoms with van der Waals surface area (Å²) in [6, 6.07) is 21.0. The second-order valence-corrected chi connectivity index (χ2v) is 5.98. The molecule has 0 fully saturated rings. The van der Waals surface area contributed by atoms with E-state index in [4.69, 9.17) is 5.73 Å². The first-order valence-electron chi connectivity index (χ1n) is 8.16. The number of rotatable bonds is 4. The van der Waals surface area contributed by atoms with Crippen LogP contribution < -0.4 is 16.4 Å². The molecule has 0 aliphatic rings. The highest BCUT2D eigenvalue weighted by Gasteiger charge is 2.10. The highest BCUT2D eigenvalue weighted by molar-refractivity contribution is 6.07. The minimum atomic E-state index is -0.263. The van der Waals surface area contributed by atoms with Crippen molar-refractivity contribution in [2.45, 2.75) is 6.92 Å².